The van der Waals surface area contributed by atoms with Gasteiger partial charge in [0.05, 0.1) is 4.90 Å². The van der Waals surface area contributed by atoms with Gasteiger partial charge in [0.2, 0.25) is 0 Å². The molecule has 2 aromatic carbocycles. The van der Waals surface area contributed by atoms with Crippen molar-refractivity contribution in [2.45, 2.75) is 11.8 Å². The number of sulfonamides is 1. The van der Waals surface area contributed by atoms with Crippen LogP contribution in [0.2, 0.25) is 0 Å². The molecular formula is C15H19N3O2S2. The lowest BCUT2D eigenvalue weighted by molar-refractivity contribution is 0.593. The second-order valence-corrected chi connectivity index (χ2v) is 7.05. The maximum absolute atomic E-state index is 12.6. The van der Waals surface area contributed by atoms with Crippen molar-refractivity contribution in [1.82, 2.24) is 10.0 Å². The van der Waals surface area contributed by atoms with Gasteiger partial charge in [0.25, 0.3) is 10.0 Å². The van der Waals surface area contributed by atoms with Crippen LogP contribution >= 0.6 is 12.2 Å². The van der Waals surface area contributed by atoms with Crippen LogP contribution in [0.3, 0.4) is 0 Å². The van der Waals surface area contributed by atoms with Gasteiger partial charge in [-0.25, -0.2) is 8.42 Å². The number of nitrogens with zero attached hydrogens (tertiary/aromatic N) is 1. The Morgan fingerprint density at radius 1 is 1.14 bits per heavy atom. The fraction of sp³-hybridized carbons (Fsp3) is 0.267. The standard InChI is InChI=1S/C15H19N3O2S2/c1-4-16-15(21)17-22(19,20)14-10-6-7-11-12(14)8-5-9-13(11)18(2)3/h5-10H,4H2,1-3H3,(H2,16,17,21). The summed E-state index contributed by atoms with van der Waals surface area (Å²) in [6.45, 7) is 2.41. The fourth-order valence-corrected chi connectivity index (χ4v) is 3.89. The van der Waals surface area contributed by atoms with Gasteiger partial charge in [-0.1, -0.05) is 24.3 Å². The van der Waals surface area contributed by atoms with Crippen LogP contribution in [0.4, 0.5) is 5.69 Å². The van der Waals surface area contributed by atoms with Gasteiger partial charge in [-0.05, 0) is 31.3 Å². The van der Waals surface area contributed by atoms with Gasteiger partial charge in [-0.2, -0.15) is 0 Å². The predicted molar refractivity (Wildman–Crippen MR) is 94.9 cm³/mol. The third-order valence-corrected chi connectivity index (χ3v) is 4.98. The Morgan fingerprint density at radius 3 is 2.41 bits per heavy atom. The van der Waals surface area contributed by atoms with Crippen molar-refractivity contribution in [3.05, 3.63) is 36.4 Å². The van der Waals surface area contributed by atoms with Gasteiger partial charge < -0.3 is 10.2 Å². The maximum Gasteiger partial charge on any atom is 0.264 e. The lowest BCUT2D eigenvalue weighted by Crippen LogP contribution is -2.39. The van der Waals surface area contributed by atoms with Crippen molar-refractivity contribution < 1.29 is 8.42 Å². The van der Waals surface area contributed by atoms with Crippen molar-refractivity contribution in [2.24, 2.45) is 0 Å². The SMILES string of the molecule is CCNC(=S)NS(=O)(=O)c1cccc2c(N(C)C)cccc12. The zero-order chi connectivity index (χ0) is 16.3. The molecule has 0 aromatic heterocycles. The molecule has 0 aliphatic rings. The predicted octanol–water partition coefficient (Wildman–Crippen LogP) is 2.08. The third kappa shape index (κ3) is 3.31. The summed E-state index contributed by atoms with van der Waals surface area (Å²) in [4.78, 5) is 2.17. The molecule has 0 unspecified atom stereocenters. The highest BCUT2D eigenvalue weighted by Crippen LogP contribution is 2.29. The van der Waals surface area contributed by atoms with Crippen molar-refractivity contribution in [1.29, 1.82) is 0 Å². The molecule has 0 heterocycles. The normalized spacial score (nSPS) is 11.2. The number of hydrogen-bond donors (Lipinski definition) is 2. The first kappa shape index (κ1) is 16.5. The first-order valence-corrected chi connectivity index (χ1v) is 8.75. The van der Waals surface area contributed by atoms with E-state index in [1.165, 1.54) is 0 Å². The molecule has 2 aromatic rings. The molecule has 0 saturated heterocycles. The molecule has 0 radical (unpaired) electrons. The highest BCUT2D eigenvalue weighted by molar-refractivity contribution is 7.92. The lowest BCUT2D eigenvalue weighted by Gasteiger charge is -2.17. The Morgan fingerprint density at radius 2 is 1.77 bits per heavy atom. The van der Waals surface area contributed by atoms with E-state index in [0.29, 0.717) is 11.9 Å². The van der Waals surface area contributed by atoms with Crippen LogP contribution in [0.25, 0.3) is 10.8 Å². The second kappa shape index (κ2) is 6.50. The molecule has 0 aliphatic heterocycles. The van der Waals surface area contributed by atoms with E-state index in [2.05, 4.69) is 10.0 Å². The van der Waals surface area contributed by atoms with E-state index in [1.54, 1.807) is 18.2 Å². The molecule has 0 aliphatic carbocycles. The fourth-order valence-electron chi connectivity index (χ4n) is 2.26. The zero-order valence-corrected chi connectivity index (χ0v) is 14.4. The molecule has 2 rings (SSSR count). The van der Waals surface area contributed by atoms with Crippen molar-refractivity contribution >= 4 is 43.8 Å². The van der Waals surface area contributed by atoms with Gasteiger partial charge in [-0.15, -0.1) is 0 Å². The van der Waals surface area contributed by atoms with E-state index in [4.69, 9.17) is 12.2 Å². The molecule has 0 spiro atoms. The summed E-state index contributed by atoms with van der Waals surface area (Å²) in [5, 5.41) is 4.43. The van der Waals surface area contributed by atoms with Gasteiger partial charge in [0.1, 0.15) is 0 Å². The van der Waals surface area contributed by atoms with Gasteiger partial charge in [0.15, 0.2) is 5.11 Å². The summed E-state index contributed by atoms with van der Waals surface area (Å²) in [5.41, 5.74) is 0.962. The minimum absolute atomic E-state index is 0.100. The Kier molecular flexibility index (Phi) is 4.87. The van der Waals surface area contributed by atoms with Crippen molar-refractivity contribution in [3.63, 3.8) is 0 Å². The average molecular weight is 337 g/mol. The molecule has 0 fully saturated rings. The smallest absolute Gasteiger partial charge is 0.264 e. The van der Waals surface area contributed by atoms with E-state index < -0.39 is 10.0 Å². The molecular weight excluding hydrogens is 318 g/mol. The summed E-state index contributed by atoms with van der Waals surface area (Å²) in [5.74, 6) is 0. The zero-order valence-electron chi connectivity index (χ0n) is 12.8. The van der Waals surface area contributed by atoms with Crippen LogP contribution in [-0.2, 0) is 10.0 Å². The van der Waals surface area contributed by atoms with Crippen LogP contribution in [0.5, 0.6) is 0 Å². The topological polar surface area (TPSA) is 61.4 Å². The number of thiocarbonyl (C=S) groups is 1. The minimum atomic E-state index is -3.72. The monoisotopic (exact) mass is 337 g/mol. The van der Waals surface area contributed by atoms with E-state index in [1.807, 2.05) is 44.1 Å². The van der Waals surface area contributed by atoms with Gasteiger partial charge in [-0.3, -0.25) is 4.72 Å². The van der Waals surface area contributed by atoms with Crippen LogP contribution < -0.4 is 14.9 Å². The highest BCUT2D eigenvalue weighted by Gasteiger charge is 2.19. The molecule has 5 nitrogen and oxygen atoms in total. The molecule has 2 N–H and O–H groups in total. The number of nitrogens with one attached hydrogen (secondary N) is 2. The molecule has 118 valence electrons. The number of fused-ring (bicyclic) bond motifs is 1. The van der Waals surface area contributed by atoms with Crippen molar-refractivity contribution in [2.75, 3.05) is 25.5 Å². The van der Waals surface area contributed by atoms with E-state index in [-0.39, 0.29) is 10.0 Å². The first-order chi connectivity index (χ1) is 10.4. The molecule has 0 saturated carbocycles. The molecule has 22 heavy (non-hydrogen) atoms. The third-order valence-electron chi connectivity index (χ3n) is 3.19. The second-order valence-electron chi connectivity index (χ2n) is 4.99. The molecule has 0 atom stereocenters. The van der Waals surface area contributed by atoms with Crippen molar-refractivity contribution in [3.8, 4) is 0 Å². The largest absolute Gasteiger partial charge is 0.377 e. The number of benzene rings is 2. The number of hydrogen-bond acceptors (Lipinski definition) is 4. The molecule has 0 bridgehead atoms. The van der Waals surface area contributed by atoms with Crippen LogP contribution in [0, 0.1) is 0 Å². The minimum Gasteiger partial charge on any atom is -0.377 e. The highest BCUT2D eigenvalue weighted by atomic mass is 32.2. The van der Waals surface area contributed by atoms with E-state index >= 15 is 0 Å². The van der Waals surface area contributed by atoms with E-state index in [0.717, 1.165) is 11.1 Å². The quantitative estimate of drug-likeness (QED) is 0.837. The molecule has 0 amide bonds. The van der Waals surface area contributed by atoms with Gasteiger partial charge in [0, 0.05) is 37.1 Å². The summed E-state index contributed by atoms with van der Waals surface area (Å²) in [7, 11) is 0.127. The number of rotatable bonds is 4. The maximum atomic E-state index is 12.6. The van der Waals surface area contributed by atoms with Crippen LogP contribution in [0.15, 0.2) is 41.3 Å². The molecule has 7 heteroatoms. The summed E-state index contributed by atoms with van der Waals surface area (Å²) < 4.78 is 27.5. The lowest BCUT2D eigenvalue weighted by atomic mass is 10.1. The Hall–Kier alpha value is -1.86. The Bertz CT molecular complexity index is 802. The van der Waals surface area contributed by atoms with Gasteiger partial charge >= 0.3 is 0 Å². The Labute approximate surface area is 136 Å². The van der Waals surface area contributed by atoms with Crippen LogP contribution in [-0.4, -0.2) is 34.2 Å². The summed E-state index contributed by atoms with van der Waals surface area (Å²) in [6.07, 6.45) is 0. The summed E-state index contributed by atoms with van der Waals surface area (Å²) >= 11 is 4.98. The number of anilines is 1. The summed E-state index contributed by atoms with van der Waals surface area (Å²) in [6, 6.07) is 10.8. The Balaban J connectivity index is 2.57. The average Bonchev–Trinajstić information content (AvgIpc) is 2.45. The van der Waals surface area contributed by atoms with E-state index in [9.17, 15) is 8.42 Å². The van der Waals surface area contributed by atoms with Crippen LogP contribution in [0.1, 0.15) is 6.92 Å². The first-order valence-electron chi connectivity index (χ1n) is 6.86.